The Bertz CT molecular complexity index is 1260. The Kier molecular flexibility index (Phi) is 5.83. The summed E-state index contributed by atoms with van der Waals surface area (Å²) in [6.45, 7) is 1.83. The minimum atomic E-state index is -0.995. The standard InChI is InChI=1S/C22H20ClN5O4/c1-11-3-8-14(32-2)9-16(11)25-20(30)15-10-17(29)26-19-18(15)21(31)28-22(27-19)24-13-6-4-12(23)5-7-13/h3-9,15H,10H2,1-2H3,(H,25,30)(H3,24,26,27,28,29,31)/t15-/m1/s1. The van der Waals surface area contributed by atoms with Crippen LogP contribution in [0.3, 0.4) is 0 Å². The molecule has 1 aliphatic rings. The molecule has 164 valence electrons. The number of aromatic amines is 1. The highest BCUT2D eigenvalue weighted by Gasteiger charge is 2.35. The zero-order valence-electron chi connectivity index (χ0n) is 17.3. The number of aromatic nitrogens is 2. The van der Waals surface area contributed by atoms with E-state index in [2.05, 4.69) is 25.9 Å². The number of carbonyl (C=O) groups excluding carboxylic acids is 2. The zero-order valence-corrected chi connectivity index (χ0v) is 18.0. The Labute approximate surface area is 188 Å². The summed E-state index contributed by atoms with van der Waals surface area (Å²) in [4.78, 5) is 45.1. The quantitative estimate of drug-likeness (QED) is 0.468. The van der Waals surface area contributed by atoms with E-state index in [0.29, 0.717) is 22.1 Å². The third-order valence-electron chi connectivity index (χ3n) is 5.08. The Morgan fingerprint density at radius 1 is 1.19 bits per heavy atom. The minimum Gasteiger partial charge on any atom is -0.497 e. The summed E-state index contributed by atoms with van der Waals surface area (Å²) in [6, 6.07) is 12.1. The van der Waals surface area contributed by atoms with Crippen LogP contribution in [0.15, 0.2) is 47.3 Å². The second kappa shape index (κ2) is 8.72. The maximum absolute atomic E-state index is 13.0. The summed E-state index contributed by atoms with van der Waals surface area (Å²) in [7, 11) is 1.53. The lowest BCUT2D eigenvalue weighted by Crippen LogP contribution is -2.36. The Morgan fingerprint density at radius 2 is 1.94 bits per heavy atom. The molecule has 4 rings (SSSR count). The predicted octanol–water partition coefficient (Wildman–Crippen LogP) is 3.55. The van der Waals surface area contributed by atoms with Crippen molar-refractivity contribution in [3.8, 4) is 5.75 Å². The fourth-order valence-corrected chi connectivity index (χ4v) is 3.53. The van der Waals surface area contributed by atoms with Crippen molar-refractivity contribution in [1.82, 2.24) is 9.97 Å². The molecule has 1 aliphatic heterocycles. The molecule has 2 heterocycles. The number of fused-ring (bicyclic) bond motifs is 1. The highest BCUT2D eigenvalue weighted by Crippen LogP contribution is 2.31. The van der Waals surface area contributed by atoms with Crippen LogP contribution in [-0.4, -0.2) is 28.9 Å². The van der Waals surface area contributed by atoms with Gasteiger partial charge >= 0.3 is 0 Å². The molecule has 2 aromatic carbocycles. The summed E-state index contributed by atoms with van der Waals surface area (Å²) in [5.41, 5.74) is 1.57. The highest BCUT2D eigenvalue weighted by atomic mass is 35.5. The molecule has 0 bridgehead atoms. The maximum atomic E-state index is 13.0. The van der Waals surface area contributed by atoms with Gasteiger partial charge in [0.05, 0.1) is 18.6 Å². The van der Waals surface area contributed by atoms with Gasteiger partial charge in [-0.3, -0.25) is 19.4 Å². The van der Waals surface area contributed by atoms with Crippen LogP contribution < -0.4 is 26.2 Å². The monoisotopic (exact) mass is 453 g/mol. The van der Waals surface area contributed by atoms with Crippen LogP contribution in [0, 0.1) is 6.92 Å². The van der Waals surface area contributed by atoms with E-state index in [-0.39, 0.29) is 23.8 Å². The van der Waals surface area contributed by atoms with Crippen LogP contribution in [0.2, 0.25) is 5.02 Å². The lowest BCUT2D eigenvalue weighted by Gasteiger charge is -2.24. The van der Waals surface area contributed by atoms with E-state index in [9.17, 15) is 14.4 Å². The first-order valence-electron chi connectivity index (χ1n) is 9.76. The second-order valence-corrected chi connectivity index (χ2v) is 7.72. The molecule has 0 spiro atoms. The van der Waals surface area contributed by atoms with Crippen molar-refractivity contribution in [2.75, 3.05) is 23.1 Å². The van der Waals surface area contributed by atoms with Gasteiger partial charge in [-0.25, -0.2) is 0 Å². The minimum absolute atomic E-state index is 0.0453. The number of nitrogens with one attached hydrogen (secondary N) is 4. The van der Waals surface area contributed by atoms with E-state index in [1.807, 2.05) is 6.92 Å². The molecule has 9 nitrogen and oxygen atoms in total. The van der Waals surface area contributed by atoms with Crippen molar-refractivity contribution >= 4 is 46.6 Å². The third-order valence-corrected chi connectivity index (χ3v) is 5.33. The molecule has 4 N–H and O–H groups in total. The van der Waals surface area contributed by atoms with Gasteiger partial charge in [0.25, 0.3) is 5.56 Å². The number of methoxy groups -OCH3 is 1. The van der Waals surface area contributed by atoms with Crippen LogP contribution in [0.25, 0.3) is 0 Å². The summed E-state index contributed by atoms with van der Waals surface area (Å²) in [6.07, 6.45) is -0.170. The van der Waals surface area contributed by atoms with Gasteiger partial charge in [-0.1, -0.05) is 17.7 Å². The van der Waals surface area contributed by atoms with Crippen LogP contribution in [0.1, 0.15) is 23.5 Å². The zero-order chi connectivity index (χ0) is 22.8. The number of hydrogen-bond acceptors (Lipinski definition) is 6. The first kappa shape index (κ1) is 21.4. The molecule has 0 unspecified atom stereocenters. The van der Waals surface area contributed by atoms with Gasteiger partial charge in [0, 0.05) is 28.9 Å². The van der Waals surface area contributed by atoms with Gasteiger partial charge < -0.3 is 20.7 Å². The van der Waals surface area contributed by atoms with E-state index in [4.69, 9.17) is 16.3 Å². The molecular weight excluding hydrogens is 434 g/mol. The van der Waals surface area contributed by atoms with Crippen molar-refractivity contribution in [3.05, 3.63) is 69.0 Å². The molecule has 0 aliphatic carbocycles. The smallest absolute Gasteiger partial charge is 0.258 e. The molecule has 1 atom stereocenters. The number of aryl methyl sites for hydroxylation is 1. The van der Waals surface area contributed by atoms with Crippen LogP contribution in [0.5, 0.6) is 5.75 Å². The van der Waals surface area contributed by atoms with Crippen molar-refractivity contribution in [3.63, 3.8) is 0 Å². The SMILES string of the molecule is COc1ccc(C)c(NC(=O)[C@@H]2CC(=O)Nc3nc(Nc4ccc(Cl)cc4)[nH]c(=O)c32)c1. The molecule has 1 aromatic heterocycles. The second-order valence-electron chi connectivity index (χ2n) is 7.28. The van der Waals surface area contributed by atoms with Crippen LogP contribution >= 0.6 is 11.6 Å². The van der Waals surface area contributed by atoms with E-state index in [0.717, 1.165) is 5.56 Å². The number of anilines is 4. The van der Waals surface area contributed by atoms with Gasteiger partial charge in [0.2, 0.25) is 17.8 Å². The fourth-order valence-electron chi connectivity index (χ4n) is 3.41. The molecule has 2 amide bonds. The third kappa shape index (κ3) is 4.42. The Balaban J connectivity index is 1.64. The average Bonchev–Trinajstić information content (AvgIpc) is 2.76. The van der Waals surface area contributed by atoms with Crippen LogP contribution in [-0.2, 0) is 9.59 Å². The number of nitrogens with zero attached hydrogens (tertiary/aromatic N) is 1. The molecular formula is C22H20ClN5O4. The maximum Gasteiger partial charge on any atom is 0.258 e. The number of amides is 2. The predicted molar refractivity (Wildman–Crippen MR) is 122 cm³/mol. The Hall–Kier alpha value is -3.85. The van der Waals surface area contributed by atoms with E-state index >= 15 is 0 Å². The van der Waals surface area contributed by atoms with Gasteiger partial charge in [-0.2, -0.15) is 4.98 Å². The van der Waals surface area contributed by atoms with Crippen LogP contribution in [0.4, 0.5) is 23.1 Å². The fraction of sp³-hybridized carbons (Fsp3) is 0.182. The summed E-state index contributed by atoms with van der Waals surface area (Å²) in [5, 5.41) is 8.89. The largest absolute Gasteiger partial charge is 0.497 e. The number of ether oxygens (including phenoxy) is 1. The number of halogens is 1. The number of carbonyl (C=O) groups is 2. The van der Waals surface area contributed by atoms with E-state index in [1.54, 1.807) is 42.5 Å². The molecule has 32 heavy (non-hydrogen) atoms. The number of rotatable bonds is 5. The van der Waals surface area contributed by atoms with Crippen molar-refractivity contribution < 1.29 is 14.3 Å². The average molecular weight is 454 g/mol. The summed E-state index contributed by atoms with van der Waals surface area (Å²) in [5.74, 6) is -1.14. The van der Waals surface area contributed by atoms with Gasteiger partial charge in [0.15, 0.2) is 0 Å². The molecule has 0 saturated carbocycles. The molecule has 0 radical (unpaired) electrons. The van der Waals surface area contributed by atoms with Gasteiger partial charge in [-0.05, 0) is 42.8 Å². The number of benzene rings is 2. The summed E-state index contributed by atoms with van der Waals surface area (Å²) < 4.78 is 5.20. The normalized spacial score (nSPS) is 14.8. The first-order valence-corrected chi connectivity index (χ1v) is 10.1. The number of hydrogen-bond donors (Lipinski definition) is 4. The highest BCUT2D eigenvalue weighted by molar-refractivity contribution is 6.30. The lowest BCUT2D eigenvalue weighted by molar-refractivity contribution is -0.123. The van der Waals surface area contributed by atoms with Gasteiger partial charge in [-0.15, -0.1) is 0 Å². The topological polar surface area (TPSA) is 125 Å². The molecule has 10 heteroatoms. The van der Waals surface area contributed by atoms with Gasteiger partial charge in [0.1, 0.15) is 11.6 Å². The van der Waals surface area contributed by atoms with Crippen molar-refractivity contribution in [1.29, 1.82) is 0 Å². The molecule has 0 saturated heterocycles. The van der Waals surface area contributed by atoms with Crippen molar-refractivity contribution in [2.45, 2.75) is 19.3 Å². The Morgan fingerprint density at radius 3 is 2.66 bits per heavy atom. The van der Waals surface area contributed by atoms with E-state index in [1.165, 1.54) is 7.11 Å². The summed E-state index contributed by atoms with van der Waals surface area (Å²) >= 11 is 5.89. The molecule has 3 aromatic rings. The lowest BCUT2D eigenvalue weighted by atomic mass is 9.92. The van der Waals surface area contributed by atoms with E-state index < -0.39 is 23.3 Å². The first-order chi connectivity index (χ1) is 15.3. The molecule has 0 fully saturated rings. The van der Waals surface area contributed by atoms with Crippen molar-refractivity contribution in [2.24, 2.45) is 0 Å². The number of H-pyrrole nitrogens is 1.